The van der Waals surface area contributed by atoms with E-state index in [1.165, 1.54) is 18.5 Å². The molecule has 0 fully saturated rings. The fraction of sp³-hybridized carbons (Fsp3) is 0.500. The Morgan fingerprint density at radius 3 is 2.56 bits per heavy atom. The number of anilines is 1. The number of unbranched alkanes of at least 4 members (excludes halogenated alkanes) is 1. The highest BCUT2D eigenvalue weighted by Crippen LogP contribution is 2.28. The quantitative estimate of drug-likeness (QED) is 0.757. The van der Waals surface area contributed by atoms with Crippen molar-refractivity contribution < 1.29 is 13.2 Å². The lowest BCUT2D eigenvalue weighted by molar-refractivity contribution is 0.416. The third kappa shape index (κ3) is 3.61. The molecular formula is C12H20N2O3S. The first-order valence-corrected chi connectivity index (χ1v) is 7.43. The lowest BCUT2D eigenvalue weighted by atomic mass is 10.3. The zero-order chi connectivity index (χ0) is 13.6. The van der Waals surface area contributed by atoms with Gasteiger partial charge in [-0.1, -0.05) is 12.1 Å². The molecule has 18 heavy (non-hydrogen) atoms. The van der Waals surface area contributed by atoms with E-state index in [4.69, 9.17) is 10.5 Å². The number of sulfonamides is 1. The summed E-state index contributed by atoms with van der Waals surface area (Å²) in [6.45, 7) is 0.508. The molecule has 6 heteroatoms. The number of nitrogens with zero attached hydrogens (tertiary/aromatic N) is 1. The number of rotatable bonds is 7. The van der Waals surface area contributed by atoms with Gasteiger partial charge in [-0.2, -0.15) is 0 Å². The first-order valence-electron chi connectivity index (χ1n) is 5.82. The smallest absolute Gasteiger partial charge is 0.235 e. The largest absolute Gasteiger partial charge is 0.495 e. The van der Waals surface area contributed by atoms with Crippen molar-refractivity contribution in [1.82, 2.24) is 0 Å². The fourth-order valence-electron chi connectivity index (χ4n) is 1.61. The number of hydrogen-bond donors (Lipinski definition) is 1. The molecule has 0 aliphatic carbocycles. The summed E-state index contributed by atoms with van der Waals surface area (Å²) >= 11 is 0. The average Bonchev–Trinajstić information content (AvgIpc) is 2.38. The molecule has 1 rings (SSSR count). The number of hydrogen-bond acceptors (Lipinski definition) is 4. The predicted molar refractivity (Wildman–Crippen MR) is 73.5 cm³/mol. The lowest BCUT2D eigenvalue weighted by Gasteiger charge is -2.21. The van der Waals surface area contributed by atoms with Gasteiger partial charge in [0.05, 0.1) is 18.6 Å². The van der Waals surface area contributed by atoms with E-state index >= 15 is 0 Å². The van der Waals surface area contributed by atoms with Gasteiger partial charge < -0.3 is 10.5 Å². The van der Waals surface area contributed by atoms with E-state index in [1.807, 2.05) is 0 Å². The van der Waals surface area contributed by atoms with E-state index in [-0.39, 0.29) is 5.75 Å². The zero-order valence-electron chi connectivity index (χ0n) is 10.8. The van der Waals surface area contributed by atoms with Crippen LogP contribution in [0, 0.1) is 0 Å². The molecular weight excluding hydrogens is 252 g/mol. The molecule has 0 atom stereocenters. The second-order valence-corrected chi connectivity index (χ2v) is 6.07. The van der Waals surface area contributed by atoms with Gasteiger partial charge in [-0.15, -0.1) is 0 Å². The maximum atomic E-state index is 12.1. The van der Waals surface area contributed by atoms with Crippen LogP contribution in [-0.2, 0) is 10.0 Å². The first kappa shape index (κ1) is 14.8. The van der Waals surface area contributed by atoms with Crippen molar-refractivity contribution in [2.45, 2.75) is 12.8 Å². The van der Waals surface area contributed by atoms with E-state index in [0.717, 1.165) is 0 Å². The molecule has 0 amide bonds. The van der Waals surface area contributed by atoms with Crippen LogP contribution in [0.15, 0.2) is 24.3 Å². The molecule has 0 aliphatic heterocycles. The van der Waals surface area contributed by atoms with Crippen LogP contribution in [0.2, 0.25) is 0 Å². The summed E-state index contributed by atoms with van der Waals surface area (Å²) in [6.07, 6.45) is 1.28. The first-order chi connectivity index (χ1) is 8.53. The van der Waals surface area contributed by atoms with E-state index < -0.39 is 10.0 Å². The van der Waals surface area contributed by atoms with Crippen molar-refractivity contribution in [2.24, 2.45) is 5.73 Å². The number of benzene rings is 1. The summed E-state index contributed by atoms with van der Waals surface area (Å²) in [5.41, 5.74) is 5.91. The van der Waals surface area contributed by atoms with Crippen LogP contribution in [-0.4, -0.2) is 34.9 Å². The summed E-state index contributed by atoms with van der Waals surface area (Å²) < 4.78 is 30.6. The van der Waals surface area contributed by atoms with Crippen LogP contribution < -0.4 is 14.8 Å². The highest BCUT2D eigenvalue weighted by atomic mass is 32.2. The molecule has 0 spiro atoms. The standard InChI is InChI=1S/C12H20N2O3S/c1-14(18(15,16)10-6-5-9-13)11-7-3-4-8-12(11)17-2/h3-4,7-8H,5-6,9-10,13H2,1-2H3. The average molecular weight is 272 g/mol. The maximum absolute atomic E-state index is 12.1. The Morgan fingerprint density at radius 2 is 1.94 bits per heavy atom. The zero-order valence-corrected chi connectivity index (χ0v) is 11.6. The monoisotopic (exact) mass is 272 g/mol. The minimum absolute atomic E-state index is 0.0960. The van der Waals surface area contributed by atoms with Gasteiger partial charge in [0.2, 0.25) is 10.0 Å². The minimum atomic E-state index is -3.32. The van der Waals surface area contributed by atoms with Crippen molar-refractivity contribution in [2.75, 3.05) is 30.8 Å². The van der Waals surface area contributed by atoms with Crippen molar-refractivity contribution in [3.63, 3.8) is 0 Å². The van der Waals surface area contributed by atoms with Crippen molar-refractivity contribution >= 4 is 15.7 Å². The van der Waals surface area contributed by atoms with Crippen molar-refractivity contribution in [3.05, 3.63) is 24.3 Å². The predicted octanol–water partition coefficient (Wildman–Crippen LogP) is 1.20. The highest BCUT2D eigenvalue weighted by Gasteiger charge is 2.20. The molecule has 1 aromatic carbocycles. The molecule has 102 valence electrons. The number of para-hydroxylation sites is 2. The summed E-state index contributed by atoms with van der Waals surface area (Å²) in [4.78, 5) is 0. The third-order valence-electron chi connectivity index (χ3n) is 2.70. The minimum Gasteiger partial charge on any atom is -0.495 e. The highest BCUT2D eigenvalue weighted by molar-refractivity contribution is 7.92. The molecule has 0 saturated heterocycles. The van der Waals surface area contributed by atoms with Crippen LogP contribution in [0.3, 0.4) is 0 Å². The molecule has 2 N–H and O–H groups in total. The van der Waals surface area contributed by atoms with E-state index in [9.17, 15) is 8.42 Å². The van der Waals surface area contributed by atoms with E-state index in [1.54, 1.807) is 24.3 Å². The lowest BCUT2D eigenvalue weighted by Crippen LogP contribution is -2.29. The number of ether oxygens (including phenoxy) is 1. The van der Waals surface area contributed by atoms with E-state index in [0.29, 0.717) is 30.8 Å². The molecule has 0 aliphatic rings. The maximum Gasteiger partial charge on any atom is 0.235 e. The summed E-state index contributed by atoms with van der Waals surface area (Å²) in [5, 5.41) is 0. The molecule has 1 aromatic rings. The summed E-state index contributed by atoms with van der Waals surface area (Å²) in [6, 6.07) is 7.04. The van der Waals surface area contributed by atoms with Gasteiger partial charge in [-0.3, -0.25) is 4.31 Å². The van der Waals surface area contributed by atoms with Gasteiger partial charge in [0.1, 0.15) is 5.75 Å². The van der Waals surface area contributed by atoms with Gasteiger partial charge in [-0.05, 0) is 31.5 Å². The third-order valence-corrected chi connectivity index (χ3v) is 4.53. The van der Waals surface area contributed by atoms with Gasteiger partial charge in [-0.25, -0.2) is 8.42 Å². The number of nitrogens with two attached hydrogens (primary N) is 1. The van der Waals surface area contributed by atoms with Gasteiger partial charge in [0, 0.05) is 7.05 Å². The molecule has 0 heterocycles. The van der Waals surface area contributed by atoms with Gasteiger partial charge >= 0.3 is 0 Å². The topological polar surface area (TPSA) is 72.6 Å². The SMILES string of the molecule is COc1ccccc1N(C)S(=O)(=O)CCCCN. The van der Waals surface area contributed by atoms with Crippen LogP contribution in [0.25, 0.3) is 0 Å². The molecule has 0 radical (unpaired) electrons. The summed E-state index contributed by atoms with van der Waals surface area (Å²) in [5.74, 6) is 0.640. The van der Waals surface area contributed by atoms with Crippen LogP contribution in [0.4, 0.5) is 5.69 Å². The summed E-state index contributed by atoms with van der Waals surface area (Å²) in [7, 11) is -0.262. The second-order valence-electron chi connectivity index (χ2n) is 3.95. The molecule has 5 nitrogen and oxygen atoms in total. The molecule has 0 aromatic heterocycles. The Balaban J connectivity index is 2.88. The fourth-order valence-corrected chi connectivity index (χ4v) is 2.90. The van der Waals surface area contributed by atoms with Crippen molar-refractivity contribution in [3.8, 4) is 5.75 Å². The van der Waals surface area contributed by atoms with Crippen molar-refractivity contribution in [1.29, 1.82) is 0 Å². The van der Waals surface area contributed by atoms with Crippen LogP contribution in [0.5, 0.6) is 5.75 Å². The Hall–Kier alpha value is -1.27. The molecule has 0 bridgehead atoms. The van der Waals surface area contributed by atoms with E-state index in [2.05, 4.69) is 0 Å². The van der Waals surface area contributed by atoms with Crippen LogP contribution in [0.1, 0.15) is 12.8 Å². The Labute approximate surface area is 109 Å². The number of methoxy groups -OCH3 is 1. The van der Waals surface area contributed by atoms with Gasteiger partial charge in [0.15, 0.2) is 0 Å². The molecule has 0 unspecified atom stereocenters. The molecule has 0 saturated carbocycles. The van der Waals surface area contributed by atoms with Crippen LogP contribution >= 0.6 is 0 Å². The van der Waals surface area contributed by atoms with Gasteiger partial charge in [0.25, 0.3) is 0 Å². The Kier molecular flexibility index (Phi) is 5.43. The Bertz CT molecular complexity index is 474. The normalized spacial score (nSPS) is 11.3. The second kappa shape index (κ2) is 6.61. The Morgan fingerprint density at radius 1 is 1.28 bits per heavy atom.